The Hall–Kier alpha value is -0.830. The number of anilines is 1. The molecule has 0 fully saturated rings. The van der Waals surface area contributed by atoms with Gasteiger partial charge in [-0.15, -0.1) is 0 Å². The van der Waals surface area contributed by atoms with E-state index < -0.39 is 0 Å². The summed E-state index contributed by atoms with van der Waals surface area (Å²) in [5, 5.41) is 3.76. The normalized spacial score (nSPS) is 12.5. The van der Waals surface area contributed by atoms with Gasteiger partial charge in [0.25, 0.3) is 0 Å². The lowest BCUT2D eigenvalue weighted by atomic mass is 10.1. The zero-order chi connectivity index (χ0) is 9.68. The summed E-state index contributed by atoms with van der Waals surface area (Å²) in [7, 11) is 0. The van der Waals surface area contributed by atoms with E-state index in [2.05, 4.69) is 29.1 Å². The van der Waals surface area contributed by atoms with Gasteiger partial charge in [0, 0.05) is 6.54 Å². The lowest BCUT2D eigenvalue weighted by Crippen LogP contribution is -2.11. The van der Waals surface area contributed by atoms with Crippen LogP contribution in [0.15, 0.2) is 12.5 Å². The van der Waals surface area contributed by atoms with E-state index in [1.165, 1.54) is 6.33 Å². The fraction of sp³-hybridized carbons (Fsp3) is 0.556. The first-order valence-corrected chi connectivity index (χ1v) is 4.81. The molecule has 0 saturated heterocycles. The van der Waals surface area contributed by atoms with E-state index in [0.717, 1.165) is 18.8 Å². The maximum Gasteiger partial charge on any atom is 0.148 e. The molecule has 0 aliphatic heterocycles. The number of hydrogen-bond donors (Lipinski definition) is 1. The van der Waals surface area contributed by atoms with Gasteiger partial charge in [-0.2, -0.15) is 0 Å². The van der Waals surface area contributed by atoms with E-state index >= 15 is 0 Å². The molecule has 1 rings (SSSR count). The summed E-state index contributed by atoms with van der Waals surface area (Å²) in [5.41, 5.74) is 0. The van der Waals surface area contributed by atoms with E-state index in [-0.39, 0.29) is 0 Å². The van der Waals surface area contributed by atoms with Crippen LogP contribution in [0.2, 0.25) is 5.02 Å². The van der Waals surface area contributed by atoms with Crippen LogP contribution >= 0.6 is 11.6 Å². The largest absolute Gasteiger partial charge is 0.368 e. The summed E-state index contributed by atoms with van der Waals surface area (Å²) in [6.45, 7) is 5.24. The number of aromatic nitrogens is 2. The van der Waals surface area contributed by atoms with Crippen LogP contribution in [-0.2, 0) is 0 Å². The topological polar surface area (TPSA) is 37.8 Å². The third kappa shape index (κ3) is 3.19. The predicted molar refractivity (Wildman–Crippen MR) is 55.0 cm³/mol. The number of rotatable bonds is 4. The fourth-order valence-corrected chi connectivity index (χ4v) is 1.03. The van der Waals surface area contributed by atoms with Gasteiger partial charge in [-0.05, 0) is 5.92 Å². The van der Waals surface area contributed by atoms with E-state index in [4.69, 9.17) is 11.6 Å². The first-order valence-electron chi connectivity index (χ1n) is 4.43. The summed E-state index contributed by atoms with van der Waals surface area (Å²) in [5.74, 6) is 1.35. The van der Waals surface area contributed by atoms with Crippen molar-refractivity contribution in [3.8, 4) is 0 Å². The molecule has 0 radical (unpaired) electrons. The molecule has 0 bridgehead atoms. The SMILES string of the molecule is CCC(C)CNc1ncncc1Cl. The second kappa shape index (κ2) is 5.02. The molecule has 0 aliphatic rings. The van der Waals surface area contributed by atoms with Gasteiger partial charge < -0.3 is 5.32 Å². The van der Waals surface area contributed by atoms with Crippen molar-refractivity contribution in [2.24, 2.45) is 5.92 Å². The fourth-order valence-electron chi connectivity index (χ4n) is 0.858. The van der Waals surface area contributed by atoms with Crippen molar-refractivity contribution >= 4 is 17.4 Å². The van der Waals surface area contributed by atoms with Crippen molar-refractivity contribution in [3.63, 3.8) is 0 Å². The lowest BCUT2D eigenvalue weighted by Gasteiger charge is -2.10. The number of nitrogens with one attached hydrogen (secondary N) is 1. The van der Waals surface area contributed by atoms with Gasteiger partial charge in [-0.1, -0.05) is 31.9 Å². The van der Waals surface area contributed by atoms with Crippen molar-refractivity contribution in [1.29, 1.82) is 0 Å². The maximum absolute atomic E-state index is 5.86. The van der Waals surface area contributed by atoms with Crippen LogP contribution < -0.4 is 5.32 Å². The molecular weight excluding hydrogens is 186 g/mol. The number of hydrogen-bond acceptors (Lipinski definition) is 3. The predicted octanol–water partition coefficient (Wildman–Crippen LogP) is 2.59. The molecule has 0 aromatic carbocycles. The Balaban J connectivity index is 2.50. The van der Waals surface area contributed by atoms with Gasteiger partial charge in [0.05, 0.1) is 6.20 Å². The second-order valence-electron chi connectivity index (χ2n) is 3.11. The lowest BCUT2D eigenvalue weighted by molar-refractivity contribution is 0.592. The quantitative estimate of drug-likeness (QED) is 0.810. The molecule has 13 heavy (non-hydrogen) atoms. The summed E-state index contributed by atoms with van der Waals surface area (Å²) in [6, 6.07) is 0. The Morgan fingerprint density at radius 3 is 3.00 bits per heavy atom. The van der Waals surface area contributed by atoms with Crippen molar-refractivity contribution < 1.29 is 0 Å². The van der Waals surface area contributed by atoms with Gasteiger partial charge in [-0.25, -0.2) is 9.97 Å². The molecule has 0 amide bonds. The molecule has 1 unspecified atom stereocenters. The summed E-state index contributed by atoms with van der Waals surface area (Å²) in [4.78, 5) is 7.84. The Bertz CT molecular complexity index is 265. The monoisotopic (exact) mass is 199 g/mol. The number of nitrogens with zero attached hydrogens (tertiary/aromatic N) is 2. The smallest absolute Gasteiger partial charge is 0.148 e. The molecule has 1 aromatic heterocycles. The summed E-state index contributed by atoms with van der Waals surface area (Å²) in [6.07, 6.45) is 4.23. The molecule has 3 nitrogen and oxygen atoms in total. The molecular formula is C9H14ClN3. The zero-order valence-corrected chi connectivity index (χ0v) is 8.67. The molecule has 0 aliphatic carbocycles. The van der Waals surface area contributed by atoms with Crippen LogP contribution in [0.3, 0.4) is 0 Å². The number of halogens is 1. The molecule has 1 atom stereocenters. The van der Waals surface area contributed by atoms with Crippen LogP contribution in [0.1, 0.15) is 20.3 Å². The van der Waals surface area contributed by atoms with E-state index in [1.807, 2.05) is 0 Å². The molecule has 1 aromatic rings. The minimum Gasteiger partial charge on any atom is -0.368 e. The molecule has 1 N–H and O–H groups in total. The zero-order valence-electron chi connectivity index (χ0n) is 7.92. The van der Waals surface area contributed by atoms with E-state index in [9.17, 15) is 0 Å². The van der Waals surface area contributed by atoms with Crippen LogP contribution in [0.25, 0.3) is 0 Å². The van der Waals surface area contributed by atoms with Crippen LogP contribution in [0.4, 0.5) is 5.82 Å². The van der Waals surface area contributed by atoms with Crippen molar-refractivity contribution in [2.45, 2.75) is 20.3 Å². The molecule has 1 heterocycles. The van der Waals surface area contributed by atoms with Gasteiger partial charge in [-0.3, -0.25) is 0 Å². The average molecular weight is 200 g/mol. The highest BCUT2D eigenvalue weighted by Gasteiger charge is 2.02. The third-order valence-electron chi connectivity index (χ3n) is 1.98. The minimum atomic E-state index is 0.575. The molecule has 0 spiro atoms. The first kappa shape index (κ1) is 10.3. The van der Waals surface area contributed by atoms with Gasteiger partial charge in [0.2, 0.25) is 0 Å². The molecule has 0 saturated carbocycles. The Labute approximate surface area is 83.5 Å². The van der Waals surface area contributed by atoms with Crippen molar-refractivity contribution in [1.82, 2.24) is 9.97 Å². The molecule has 4 heteroatoms. The summed E-state index contributed by atoms with van der Waals surface area (Å²) >= 11 is 5.86. The first-order chi connectivity index (χ1) is 6.24. The highest BCUT2D eigenvalue weighted by molar-refractivity contribution is 6.32. The standard InChI is InChI=1S/C9H14ClN3/c1-3-7(2)4-12-9-8(10)5-11-6-13-9/h5-7H,3-4H2,1-2H3,(H,11,12,13). The highest BCUT2D eigenvalue weighted by atomic mass is 35.5. The average Bonchev–Trinajstić information content (AvgIpc) is 2.16. The van der Waals surface area contributed by atoms with Crippen molar-refractivity contribution in [2.75, 3.05) is 11.9 Å². The van der Waals surface area contributed by atoms with Crippen LogP contribution in [0, 0.1) is 5.92 Å². The minimum absolute atomic E-state index is 0.575. The van der Waals surface area contributed by atoms with E-state index in [1.54, 1.807) is 6.20 Å². The van der Waals surface area contributed by atoms with Gasteiger partial charge in [0.1, 0.15) is 17.2 Å². The Morgan fingerprint density at radius 2 is 2.38 bits per heavy atom. The third-order valence-corrected chi connectivity index (χ3v) is 2.26. The van der Waals surface area contributed by atoms with Gasteiger partial charge >= 0.3 is 0 Å². The maximum atomic E-state index is 5.86. The van der Waals surface area contributed by atoms with Crippen LogP contribution in [-0.4, -0.2) is 16.5 Å². The molecule has 72 valence electrons. The summed E-state index contributed by atoms with van der Waals surface area (Å²) < 4.78 is 0. The van der Waals surface area contributed by atoms with Gasteiger partial charge in [0.15, 0.2) is 0 Å². The Morgan fingerprint density at radius 1 is 1.62 bits per heavy atom. The van der Waals surface area contributed by atoms with Crippen molar-refractivity contribution in [3.05, 3.63) is 17.5 Å². The second-order valence-corrected chi connectivity index (χ2v) is 3.52. The van der Waals surface area contributed by atoms with Crippen LogP contribution in [0.5, 0.6) is 0 Å². The highest BCUT2D eigenvalue weighted by Crippen LogP contribution is 2.16. The van der Waals surface area contributed by atoms with E-state index in [0.29, 0.717) is 10.9 Å². The Kier molecular flexibility index (Phi) is 3.96.